The van der Waals surface area contributed by atoms with E-state index in [2.05, 4.69) is 18.7 Å². The summed E-state index contributed by atoms with van der Waals surface area (Å²) in [6.45, 7) is 6.77. The van der Waals surface area contributed by atoms with E-state index in [0.717, 1.165) is 24.5 Å². The fraction of sp³-hybridized carbons (Fsp3) is 0.647. The van der Waals surface area contributed by atoms with Gasteiger partial charge in [-0.1, -0.05) is 6.07 Å². The topological polar surface area (TPSA) is 45.2 Å². The van der Waals surface area contributed by atoms with Crippen molar-refractivity contribution in [3.63, 3.8) is 0 Å². The van der Waals surface area contributed by atoms with Crippen molar-refractivity contribution in [3.05, 3.63) is 24.3 Å². The highest BCUT2D eigenvalue weighted by molar-refractivity contribution is 5.49. The van der Waals surface area contributed by atoms with Gasteiger partial charge < -0.3 is 19.5 Å². The molecule has 3 unspecified atom stereocenters. The Labute approximate surface area is 133 Å². The van der Waals surface area contributed by atoms with E-state index >= 15 is 0 Å². The zero-order chi connectivity index (χ0) is 16.1. The minimum absolute atomic E-state index is 0.216. The lowest BCUT2D eigenvalue weighted by molar-refractivity contribution is -0.0786. The second kappa shape index (κ2) is 7.81. The van der Waals surface area contributed by atoms with Crippen molar-refractivity contribution in [2.75, 3.05) is 45.2 Å². The molecule has 1 aliphatic heterocycles. The average Bonchev–Trinajstić information content (AvgIpc) is 2.44. The van der Waals surface area contributed by atoms with E-state index in [4.69, 9.17) is 9.47 Å². The molecule has 3 atom stereocenters. The number of rotatable bonds is 6. The van der Waals surface area contributed by atoms with Crippen LogP contribution in [0.1, 0.15) is 13.8 Å². The average molecular weight is 308 g/mol. The third-order valence-electron chi connectivity index (χ3n) is 3.74. The Bertz CT molecular complexity index is 457. The van der Waals surface area contributed by atoms with E-state index in [0.29, 0.717) is 13.2 Å². The Kier molecular flexibility index (Phi) is 6.06. The van der Waals surface area contributed by atoms with Gasteiger partial charge in [0.2, 0.25) is 0 Å². The number of anilines is 1. The van der Waals surface area contributed by atoms with Crippen LogP contribution in [0.15, 0.2) is 24.3 Å². The molecule has 0 spiro atoms. The Morgan fingerprint density at radius 1 is 1.32 bits per heavy atom. The van der Waals surface area contributed by atoms with E-state index in [-0.39, 0.29) is 12.2 Å². The number of aliphatic hydroxyl groups excluding tert-OH is 1. The van der Waals surface area contributed by atoms with Crippen LogP contribution in [0, 0.1) is 0 Å². The lowest BCUT2D eigenvalue weighted by atomic mass is 10.2. The first-order chi connectivity index (χ1) is 10.4. The van der Waals surface area contributed by atoms with Gasteiger partial charge in [0.15, 0.2) is 0 Å². The van der Waals surface area contributed by atoms with Crippen LogP contribution in [0.2, 0.25) is 0 Å². The number of ether oxygens (including phenoxy) is 2. The maximum absolute atomic E-state index is 10.2. The molecule has 1 aromatic rings. The van der Waals surface area contributed by atoms with Crippen LogP contribution in [0.5, 0.6) is 5.75 Å². The van der Waals surface area contributed by atoms with Crippen molar-refractivity contribution < 1.29 is 14.6 Å². The molecule has 0 aliphatic carbocycles. The zero-order valence-corrected chi connectivity index (χ0v) is 14.0. The number of benzene rings is 1. The Morgan fingerprint density at radius 3 is 2.64 bits per heavy atom. The second-order valence-electron chi connectivity index (χ2n) is 6.33. The molecule has 1 aliphatic rings. The summed E-state index contributed by atoms with van der Waals surface area (Å²) in [5.41, 5.74) is 1.09. The number of hydrogen-bond acceptors (Lipinski definition) is 5. The fourth-order valence-corrected chi connectivity index (χ4v) is 2.83. The molecule has 1 fully saturated rings. The first kappa shape index (κ1) is 17.1. The fourth-order valence-electron chi connectivity index (χ4n) is 2.83. The largest absolute Gasteiger partial charge is 0.491 e. The van der Waals surface area contributed by atoms with Gasteiger partial charge in [0.05, 0.1) is 12.2 Å². The minimum atomic E-state index is -0.500. The molecular formula is C17H28N2O3. The van der Waals surface area contributed by atoms with Crippen LogP contribution in [-0.2, 0) is 4.74 Å². The van der Waals surface area contributed by atoms with Crippen LogP contribution in [0.4, 0.5) is 5.69 Å². The van der Waals surface area contributed by atoms with Crippen molar-refractivity contribution in [2.24, 2.45) is 0 Å². The number of nitrogens with zero attached hydrogens (tertiary/aromatic N) is 2. The van der Waals surface area contributed by atoms with Crippen LogP contribution in [0.25, 0.3) is 0 Å². The standard InChI is InChI=1S/C17H28N2O3/c1-13-9-19(10-14(2)22-13)11-16(20)12-21-17-7-5-6-15(8-17)18(3)4/h5-8,13-14,16,20H,9-12H2,1-4H3. The van der Waals surface area contributed by atoms with Gasteiger partial charge in [-0.2, -0.15) is 0 Å². The molecule has 0 amide bonds. The van der Waals surface area contributed by atoms with E-state index in [1.807, 2.05) is 43.3 Å². The molecule has 0 bridgehead atoms. The molecule has 22 heavy (non-hydrogen) atoms. The number of morpholine rings is 1. The van der Waals surface area contributed by atoms with Gasteiger partial charge in [0.25, 0.3) is 0 Å². The van der Waals surface area contributed by atoms with Gasteiger partial charge in [-0.15, -0.1) is 0 Å². The summed E-state index contributed by atoms with van der Waals surface area (Å²) in [6.07, 6.45) is -0.0669. The van der Waals surface area contributed by atoms with Crippen LogP contribution in [0.3, 0.4) is 0 Å². The number of hydrogen-bond donors (Lipinski definition) is 1. The molecule has 1 saturated heterocycles. The third-order valence-corrected chi connectivity index (χ3v) is 3.74. The van der Waals surface area contributed by atoms with E-state index in [9.17, 15) is 5.11 Å². The van der Waals surface area contributed by atoms with E-state index < -0.39 is 6.10 Å². The summed E-state index contributed by atoms with van der Waals surface area (Å²) in [5, 5.41) is 10.2. The smallest absolute Gasteiger partial charge is 0.121 e. The first-order valence-electron chi connectivity index (χ1n) is 7.90. The summed E-state index contributed by atoms with van der Waals surface area (Å²) in [7, 11) is 3.99. The summed E-state index contributed by atoms with van der Waals surface area (Å²) < 4.78 is 11.4. The molecule has 0 saturated carbocycles. The highest BCUT2D eigenvalue weighted by Crippen LogP contribution is 2.19. The quantitative estimate of drug-likeness (QED) is 0.865. The molecule has 1 aromatic carbocycles. The van der Waals surface area contributed by atoms with Crippen molar-refractivity contribution in [1.82, 2.24) is 4.90 Å². The molecule has 124 valence electrons. The maximum Gasteiger partial charge on any atom is 0.121 e. The Hall–Kier alpha value is -1.30. The lowest BCUT2D eigenvalue weighted by Gasteiger charge is -2.36. The van der Waals surface area contributed by atoms with Gasteiger partial charge in [-0.05, 0) is 26.0 Å². The van der Waals surface area contributed by atoms with Crippen LogP contribution in [-0.4, -0.2) is 68.7 Å². The molecule has 1 N–H and O–H groups in total. The molecule has 0 aromatic heterocycles. The predicted molar refractivity (Wildman–Crippen MR) is 88.7 cm³/mol. The van der Waals surface area contributed by atoms with Gasteiger partial charge >= 0.3 is 0 Å². The summed E-state index contributed by atoms with van der Waals surface area (Å²) in [6, 6.07) is 7.88. The summed E-state index contributed by atoms with van der Waals surface area (Å²) in [5.74, 6) is 0.786. The molecule has 5 nitrogen and oxygen atoms in total. The molecule has 0 radical (unpaired) electrons. The van der Waals surface area contributed by atoms with Gasteiger partial charge in [0, 0.05) is 45.5 Å². The second-order valence-corrected chi connectivity index (χ2v) is 6.33. The van der Waals surface area contributed by atoms with Crippen molar-refractivity contribution >= 4 is 5.69 Å². The Morgan fingerprint density at radius 2 is 2.00 bits per heavy atom. The minimum Gasteiger partial charge on any atom is -0.491 e. The molecule has 5 heteroatoms. The number of aliphatic hydroxyl groups is 1. The van der Waals surface area contributed by atoms with Crippen LogP contribution < -0.4 is 9.64 Å². The van der Waals surface area contributed by atoms with Crippen molar-refractivity contribution in [3.8, 4) is 5.75 Å². The SMILES string of the molecule is CC1CN(CC(O)COc2cccc(N(C)C)c2)CC(C)O1. The Balaban J connectivity index is 1.80. The van der Waals surface area contributed by atoms with Gasteiger partial charge in [-0.3, -0.25) is 4.90 Å². The summed E-state index contributed by atoms with van der Waals surface area (Å²) in [4.78, 5) is 4.27. The molecule has 1 heterocycles. The molecule has 2 rings (SSSR count). The lowest BCUT2D eigenvalue weighted by Crippen LogP contribution is -2.48. The van der Waals surface area contributed by atoms with Crippen molar-refractivity contribution in [1.29, 1.82) is 0 Å². The van der Waals surface area contributed by atoms with Gasteiger partial charge in [-0.25, -0.2) is 0 Å². The highest BCUT2D eigenvalue weighted by atomic mass is 16.5. The zero-order valence-electron chi connectivity index (χ0n) is 14.0. The van der Waals surface area contributed by atoms with Crippen LogP contribution >= 0.6 is 0 Å². The number of β-amino-alcohol motifs (C(OH)–C–C–N with tert-alkyl or cyclic N) is 1. The van der Waals surface area contributed by atoms with Gasteiger partial charge in [0.1, 0.15) is 18.5 Å². The first-order valence-corrected chi connectivity index (χ1v) is 7.90. The molecular weight excluding hydrogens is 280 g/mol. The third kappa shape index (κ3) is 5.16. The predicted octanol–water partition coefficient (Wildman–Crippen LogP) is 1.60. The normalized spacial score (nSPS) is 24.0. The maximum atomic E-state index is 10.2. The van der Waals surface area contributed by atoms with Crippen molar-refractivity contribution in [2.45, 2.75) is 32.2 Å². The van der Waals surface area contributed by atoms with E-state index in [1.165, 1.54) is 0 Å². The monoisotopic (exact) mass is 308 g/mol. The highest BCUT2D eigenvalue weighted by Gasteiger charge is 2.23. The summed E-state index contributed by atoms with van der Waals surface area (Å²) >= 11 is 0. The van der Waals surface area contributed by atoms with E-state index in [1.54, 1.807) is 0 Å².